The molecule has 0 aliphatic heterocycles. The maximum atomic E-state index is 0. The first-order chi connectivity index (χ1) is 0. The van der Waals surface area contributed by atoms with Gasteiger partial charge < -0.3 is 0 Å². The molecule has 22 valence electrons. The Morgan fingerprint density at radius 3 is 1.00 bits per heavy atom. The quantitative estimate of drug-likeness (QED) is 0.394. The van der Waals surface area contributed by atoms with Crippen LogP contribution >= 0.6 is 0 Å². The molecular formula is H9GaMgSeSr. The molecule has 0 aliphatic rings. The molecule has 0 radical (unpaired) electrons. The van der Waals surface area contributed by atoms with Gasteiger partial charge in [0.2, 0.25) is 0 Å². The summed E-state index contributed by atoms with van der Waals surface area (Å²) >= 11 is 0. The van der Waals surface area contributed by atoms with Crippen LogP contribution in [-0.4, -0.2) is 105 Å². The fourth-order valence-corrected chi connectivity index (χ4v) is 0. The molecule has 0 saturated carbocycles. The molecule has 0 aromatic carbocycles. The molecule has 0 heterocycles. The standard InChI is InChI=1S/Ga.Mg.H2Se.Sr.7H/h;;1H2;;;;;;;;. The zero-order valence-corrected chi connectivity index (χ0v) is 2.60. The van der Waals surface area contributed by atoms with Crippen molar-refractivity contribution in [1.29, 1.82) is 0 Å². The molecule has 0 atom stereocenters. The van der Waals surface area contributed by atoms with E-state index in [1.54, 1.807) is 0 Å². The summed E-state index contributed by atoms with van der Waals surface area (Å²) in [6.07, 6.45) is 0. The fourth-order valence-electron chi connectivity index (χ4n) is 0. The molecule has 0 bridgehead atoms. The fraction of sp³-hybridized carbons (Fsp3) is 0. The van der Waals surface area contributed by atoms with Gasteiger partial charge in [-0.15, -0.1) is 0 Å². The Hall–Kier alpha value is 3.40. The van der Waals surface area contributed by atoms with Gasteiger partial charge >= 0.3 is 105 Å². The van der Waals surface area contributed by atoms with Crippen LogP contribution in [0, 0.1) is 0 Å². The van der Waals surface area contributed by atoms with Crippen LogP contribution in [0.4, 0.5) is 0 Å². The monoisotopic (exact) mass is 270 g/mol. The predicted octanol–water partition coefficient (Wildman–Crippen LogP) is -3.93. The van der Waals surface area contributed by atoms with Crippen molar-refractivity contribution in [3.05, 3.63) is 0 Å². The molecule has 4 heteroatoms. The zero-order valence-electron chi connectivity index (χ0n) is 0.500. The molecule has 0 fully saturated rings. The van der Waals surface area contributed by atoms with Crippen LogP contribution in [-0.2, 0) is 0 Å². The topological polar surface area (TPSA) is 0 Å². The van der Waals surface area contributed by atoms with Gasteiger partial charge in [0.15, 0.2) is 0 Å². The first-order valence-electron chi connectivity index (χ1n) is 0. The number of rotatable bonds is 0. The van der Waals surface area contributed by atoms with Crippen LogP contribution in [0.3, 0.4) is 0 Å². The molecule has 0 amide bonds. The van der Waals surface area contributed by atoms with E-state index in [1.165, 1.54) is 0 Å². The SMILES string of the molecule is [GaH3].[MgH2].[SeH2].[SrH2]. The minimum atomic E-state index is 0. The summed E-state index contributed by atoms with van der Waals surface area (Å²) in [7, 11) is 0. The van der Waals surface area contributed by atoms with E-state index in [1.807, 2.05) is 0 Å². The zero-order chi connectivity index (χ0) is 0. The molecule has 0 saturated heterocycles. The van der Waals surface area contributed by atoms with Crippen molar-refractivity contribution in [3.8, 4) is 0 Å². The number of hydrogen-bond acceptors (Lipinski definition) is 0. The number of hydrogen-bond donors (Lipinski definition) is 0. The van der Waals surface area contributed by atoms with Gasteiger partial charge in [-0.2, -0.15) is 0 Å². The van der Waals surface area contributed by atoms with Crippen LogP contribution in [0.2, 0.25) is 0 Å². The summed E-state index contributed by atoms with van der Waals surface area (Å²) in [5.41, 5.74) is 0. The van der Waals surface area contributed by atoms with Crippen LogP contribution in [0.15, 0.2) is 0 Å². The molecule has 0 N–H and O–H groups in total. The third-order valence-electron chi connectivity index (χ3n) is 0. The van der Waals surface area contributed by atoms with Crippen LogP contribution in [0.1, 0.15) is 0 Å². The van der Waals surface area contributed by atoms with Crippen LogP contribution in [0.5, 0.6) is 0 Å². The molecule has 0 aromatic rings. The maximum absolute atomic E-state index is 0. The van der Waals surface area contributed by atoms with E-state index in [0.29, 0.717) is 0 Å². The molecule has 0 rings (SSSR count). The Morgan fingerprint density at radius 1 is 1.00 bits per heavy atom. The predicted molar refractivity (Wildman–Crippen MR) is 35.6 cm³/mol. The molecular weight excluding hydrogens is 261 g/mol. The normalized spacial score (nSPS) is 0. The van der Waals surface area contributed by atoms with Gasteiger partial charge in [0.25, 0.3) is 0 Å². The molecule has 0 unspecified atom stereocenters. The van der Waals surface area contributed by atoms with Gasteiger partial charge in [0, 0.05) is 0 Å². The van der Waals surface area contributed by atoms with Gasteiger partial charge in [-0.25, -0.2) is 0 Å². The average molecular weight is 270 g/mol. The van der Waals surface area contributed by atoms with Crippen molar-refractivity contribution in [2.45, 2.75) is 0 Å². The van der Waals surface area contributed by atoms with Crippen molar-refractivity contribution in [2.24, 2.45) is 0 Å². The Balaban J connectivity index is 0. The van der Waals surface area contributed by atoms with E-state index < -0.39 is 0 Å². The second-order valence-electron chi connectivity index (χ2n) is 0. The Morgan fingerprint density at radius 2 is 1.00 bits per heavy atom. The van der Waals surface area contributed by atoms with Crippen molar-refractivity contribution in [2.75, 3.05) is 0 Å². The second-order valence-corrected chi connectivity index (χ2v) is 0. The van der Waals surface area contributed by atoms with Gasteiger partial charge in [0.05, 0.1) is 0 Å². The first kappa shape index (κ1) is 26.2. The molecule has 4 heavy (non-hydrogen) atoms. The first-order valence-corrected chi connectivity index (χ1v) is 0. The summed E-state index contributed by atoms with van der Waals surface area (Å²) < 4.78 is 0. The summed E-state index contributed by atoms with van der Waals surface area (Å²) in [4.78, 5) is 0. The third-order valence-corrected chi connectivity index (χ3v) is 0. The van der Waals surface area contributed by atoms with E-state index in [0.717, 1.165) is 0 Å². The van der Waals surface area contributed by atoms with E-state index in [-0.39, 0.29) is 105 Å². The molecule has 0 aliphatic carbocycles. The van der Waals surface area contributed by atoms with E-state index in [4.69, 9.17) is 0 Å². The molecule has 0 spiro atoms. The van der Waals surface area contributed by atoms with Gasteiger partial charge in [-0.1, -0.05) is 0 Å². The summed E-state index contributed by atoms with van der Waals surface area (Å²) in [5, 5.41) is 0. The van der Waals surface area contributed by atoms with E-state index in [9.17, 15) is 0 Å². The second kappa shape index (κ2) is 16.1. The average Bonchev–Trinajstić information content (AvgIpc) is 0. The Labute approximate surface area is 103 Å². The summed E-state index contributed by atoms with van der Waals surface area (Å²) in [5.74, 6) is 0. The summed E-state index contributed by atoms with van der Waals surface area (Å²) in [6.45, 7) is 0. The third kappa shape index (κ3) is 9.04. The van der Waals surface area contributed by atoms with Gasteiger partial charge in [-0.05, 0) is 0 Å². The van der Waals surface area contributed by atoms with Crippen molar-refractivity contribution >= 4 is 105 Å². The van der Waals surface area contributed by atoms with Crippen molar-refractivity contribution in [1.82, 2.24) is 0 Å². The Bertz CT molecular complexity index is 8.00. The molecule has 0 nitrogen and oxygen atoms in total. The summed E-state index contributed by atoms with van der Waals surface area (Å²) in [6, 6.07) is 0. The van der Waals surface area contributed by atoms with Crippen molar-refractivity contribution < 1.29 is 0 Å². The van der Waals surface area contributed by atoms with E-state index in [2.05, 4.69) is 0 Å². The van der Waals surface area contributed by atoms with E-state index >= 15 is 0 Å². The Kier molecular flexibility index (Phi) is 106. The van der Waals surface area contributed by atoms with Gasteiger partial charge in [0.1, 0.15) is 0 Å². The van der Waals surface area contributed by atoms with Gasteiger partial charge in [-0.3, -0.25) is 0 Å². The van der Waals surface area contributed by atoms with Crippen LogP contribution in [0.25, 0.3) is 0 Å². The minimum absolute atomic E-state index is 0. The van der Waals surface area contributed by atoms with Crippen molar-refractivity contribution in [3.63, 3.8) is 0 Å². The molecule has 0 aromatic heterocycles. The van der Waals surface area contributed by atoms with Crippen LogP contribution < -0.4 is 0 Å².